The van der Waals surface area contributed by atoms with Gasteiger partial charge < -0.3 is 9.67 Å². The molecule has 2 atom stereocenters. The third kappa shape index (κ3) is 2.60. The molecule has 2 rings (SSSR count). The Labute approximate surface area is 109 Å². The lowest BCUT2D eigenvalue weighted by Crippen LogP contribution is -2.37. The lowest BCUT2D eigenvalue weighted by molar-refractivity contribution is -0.139. The van der Waals surface area contributed by atoms with Crippen molar-refractivity contribution >= 4 is 17.3 Å². The minimum Gasteiger partial charge on any atom is -0.480 e. The molecule has 0 saturated carbocycles. The molecular weight excluding hydrogens is 250 g/mol. The van der Waals surface area contributed by atoms with Crippen LogP contribution in [0.1, 0.15) is 23.7 Å². The lowest BCUT2D eigenvalue weighted by Gasteiger charge is -2.20. The second-order valence-corrected chi connectivity index (χ2v) is 5.05. The van der Waals surface area contributed by atoms with Crippen molar-refractivity contribution in [2.24, 2.45) is 7.05 Å². The maximum absolute atomic E-state index is 11.0. The van der Waals surface area contributed by atoms with Crippen LogP contribution in [0.5, 0.6) is 0 Å². The predicted molar refractivity (Wildman–Crippen MR) is 69.6 cm³/mol. The van der Waals surface area contributed by atoms with E-state index < -0.39 is 12.0 Å². The highest BCUT2D eigenvalue weighted by Crippen LogP contribution is 2.25. The summed E-state index contributed by atoms with van der Waals surface area (Å²) in [4.78, 5) is 16.3. The van der Waals surface area contributed by atoms with Crippen molar-refractivity contribution in [3.05, 3.63) is 40.6 Å². The van der Waals surface area contributed by atoms with Gasteiger partial charge in [0.25, 0.3) is 0 Å². The van der Waals surface area contributed by atoms with Crippen molar-refractivity contribution < 1.29 is 9.90 Å². The summed E-state index contributed by atoms with van der Waals surface area (Å²) in [6.07, 6.45) is 3.56. The van der Waals surface area contributed by atoms with Gasteiger partial charge in [-0.25, -0.2) is 4.98 Å². The predicted octanol–water partition coefficient (Wildman–Crippen LogP) is 1.63. The van der Waals surface area contributed by atoms with Crippen LogP contribution in [0.2, 0.25) is 0 Å². The van der Waals surface area contributed by atoms with Crippen LogP contribution in [0.3, 0.4) is 0 Å². The van der Waals surface area contributed by atoms with Gasteiger partial charge in [0.1, 0.15) is 17.9 Å². The minimum absolute atomic E-state index is 0.198. The molecule has 96 valence electrons. The number of carboxylic acids is 1. The van der Waals surface area contributed by atoms with Gasteiger partial charge in [-0.15, -0.1) is 11.3 Å². The summed E-state index contributed by atoms with van der Waals surface area (Å²) in [7, 11) is 1.90. The molecule has 0 radical (unpaired) electrons. The number of aliphatic carboxylic acids is 1. The van der Waals surface area contributed by atoms with Crippen LogP contribution in [0.4, 0.5) is 0 Å². The molecule has 2 aromatic rings. The van der Waals surface area contributed by atoms with Crippen molar-refractivity contribution in [2.45, 2.75) is 19.0 Å². The fraction of sp³-hybridized carbons (Fsp3) is 0.333. The number of hydrogen-bond acceptors (Lipinski definition) is 4. The standard InChI is InChI=1S/C12H15N3O2S/c1-8(12(16)17)14-10(9-4-3-7-18-9)11-13-5-6-15(11)2/h3-8,10,14H,1-2H3,(H,16,17)/t8-,10?/m0/s1. The summed E-state index contributed by atoms with van der Waals surface area (Å²) < 4.78 is 1.89. The SMILES string of the molecule is C[C@H](NC(c1cccs1)c1nccn1C)C(=O)O. The summed E-state index contributed by atoms with van der Waals surface area (Å²) in [5.41, 5.74) is 0. The van der Waals surface area contributed by atoms with Crippen LogP contribution in [0, 0.1) is 0 Å². The van der Waals surface area contributed by atoms with Crippen LogP contribution in [0.15, 0.2) is 29.9 Å². The molecule has 0 saturated heterocycles. The minimum atomic E-state index is -0.870. The Morgan fingerprint density at radius 3 is 2.89 bits per heavy atom. The summed E-state index contributed by atoms with van der Waals surface area (Å²) in [6, 6.07) is 3.10. The van der Waals surface area contributed by atoms with Crippen molar-refractivity contribution in [1.82, 2.24) is 14.9 Å². The number of nitrogens with one attached hydrogen (secondary N) is 1. The second kappa shape index (κ2) is 5.32. The van der Waals surface area contributed by atoms with Crippen LogP contribution < -0.4 is 5.32 Å². The topological polar surface area (TPSA) is 67.2 Å². The number of aryl methyl sites for hydroxylation is 1. The Balaban J connectivity index is 2.30. The summed E-state index contributed by atoms with van der Waals surface area (Å²) >= 11 is 1.58. The Morgan fingerprint density at radius 2 is 2.39 bits per heavy atom. The van der Waals surface area contributed by atoms with Crippen molar-refractivity contribution in [2.75, 3.05) is 0 Å². The molecule has 2 aromatic heterocycles. The normalized spacial score (nSPS) is 14.3. The highest BCUT2D eigenvalue weighted by molar-refractivity contribution is 7.10. The molecule has 0 spiro atoms. The van der Waals surface area contributed by atoms with Gasteiger partial charge in [0.15, 0.2) is 0 Å². The van der Waals surface area contributed by atoms with E-state index in [0.29, 0.717) is 0 Å². The Bertz CT molecular complexity index is 521. The summed E-state index contributed by atoms with van der Waals surface area (Å²) in [5.74, 6) is -0.0590. The third-order valence-corrected chi connectivity index (χ3v) is 3.67. The quantitative estimate of drug-likeness (QED) is 0.862. The highest BCUT2D eigenvalue weighted by Gasteiger charge is 2.23. The first-order valence-electron chi connectivity index (χ1n) is 5.59. The fourth-order valence-corrected chi connectivity index (χ4v) is 2.50. The molecule has 0 aliphatic rings. The molecule has 5 nitrogen and oxygen atoms in total. The van der Waals surface area contributed by atoms with Crippen LogP contribution in [-0.4, -0.2) is 26.7 Å². The second-order valence-electron chi connectivity index (χ2n) is 4.07. The van der Waals surface area contributed by atoms with Crippen LogP contribution in [-0.2, 0) is 11.8 Å². The molecule has 6 heteroatoms. The molecule has 0 aromatic carbocycles. The van der Waals surface area contributed by atoms with Gasteiger partial charge in [-0.3, -0.25) is 10.1 Å². The van der Waals surface area contributed by atoms with E-state index in [4.69, 9.17) is 5.11 Å². The average molecular weight is 265 g/mol. The monoisotopic (exact) mass is 265 g/mol. The van der Waals surface area contributed by atoms with Gasteiger partial charge in [-0.05, 0) is 18.4 Å². The van der Waals surface area contributed by atoms with Crippen molar-refractivity contribution in [1.29, 1.82) is 0 Å². The number of imidazole rings is 1. The van der Waals surface area contributed by atoms with Gasteiger partial charge in [-0.1, -0.05) is 6.07 Å². The Morgan fingerprint density at radius 1 is 1.61 bits per heavy atom. The number of hydrogen-bond donors (Lipinski definition) is 2. The molecule has 0 aliphatic carbocycles. The van der Waals surface area contributed by atoms with Crippen LogP contribution in [0.25, 0.3) is 0 Å². The maximum Gasteiger partial charge on any atom is 0.320 e. The van der Waals surface area contributed by atoms with E-state index in [0.717, 1.165) is 10.7 Å². The fourth-order valence-electron chi connectivity index (χ4n) is 1.72. The summed E-state index contributed by atoms with van der Waals surface area (Å²) in [5, 5.41) is 14.1. The molecular formula is C12H15N3O2S. The number of carbonyl (C=O) groups is 1. The Hall–Kier alpha value is -1.66. The Kier molecular flexibility index (Phi) is 3.78. The first-order valence-corrected chi connectivity index (χ1v) is 6.47. The van der Waals surface area contributed by atoms with E-state index >= 15 is 0 Å². The molecule has 0 bridgehead atoms. The molecule has 2 heterocycles. The van der Waals surface area contributed by atoms with E-state index in [9.17, 15) is 4.79 Å². The van der Waals surface area contributed by atoms with E-state index in [1.165, 1.54) is 0 Å². The first kappa shape index (κ1) is 12.8. The zero-order chi connectivity index (χ0) is 13.1. The van der Waals surface area contributed by atoms with Gasteiger partial charge in [0, 0.05) is 24.3 Å². The van der Waals surface area contributed by atoms with Gasteiger partial charge in [-0.2, -0.15) is 0 Å². The number of thiophene rings is 1. The van der Waals surface area contributed by atoms with E-state index in [1.54, 1.807) is 24.5 Å². The largest absolute Gasteiger partial charge is 0.480 e. The lowest BCUT2D eigenvalue weighted by atomic mass is 10.2. The zero-order valence-corrected chi connectivity index (χ0v) is 11.0. The van der Waals surface area contributed by atoms with E-state index in [1.807, 2.05) is 35.3 Å². The molecule has 1 unspecified atom stereocenters. The van der Waals surface area contributed by atoms with E-state index in [-0.39, 0.29) is 6.04 Å². The smallest absolute Gasteiger partial charge is 0.320 e. The summed E-state index contributed by atoms with van der Waals surface area (Å²) in [6.45, 7) is 1.63. The third-order valence-electron chi connectivity index (χ3n) is 2.73. The molecule has 0 fully saturated rings. The molecule has 0 aliphatic heterocycles. The van der Waals surface area contributed by atoms with Crippen LogP contribution >= 0.6 is 11.3 Å². The molecule has 18 heavy (non-hydrogen) atoms. The van der Waals surface area contributed by atoms with E-state index in [2.05, 4.69) is 10.3 Å². The number of carboxylic acid groups (broad SMARTS) is 1. The zero-order valence-electron chi connectivity index (χ0n) is 10.2. The number of aromatic nitrogens is 2. The van der Waals surface area contributed by atoms with Gasteiger partial charge >= 0.3 is 5.97 Å². The van der Waals surface area contributed by atoms with Crippen molar-refractivity contribution in [3.8, 4) is 0 Å². The molecule has 0 amide bonds. The average Bonchev–Trinajstić information content (AvgIpc) is 2.96. The first-order chi connectivity index (χ1) is 8.59. The number of nitrogens with zero attached hydrogens (tertiary/aromatic N) is 2. The number of rotatable bonds is 5. The van der Waals surface area contributed by atoms with Gasteiger partial charge in [0.05, 0.1) is 0 Å². The highest BCUT2D eigenvalue weighted by atomic mass is 32.1. The van der Waals surface area contributed by atoms with Gasteiger partial charge in [0.2, 0.25) is 0 Å². The van der Waals surface area contributed by atoms with Crippen molar-refractivity contribution in [3.63, 3.8) is 0 Å². The molecule has 2 N–H and O–H groups in total. The maximum atomic E-state index is 11.0.